The number of carbonyl (C=O) groups is 2. The summed E-state index contributed by atoms with van der Waals surface area (Å²) in [5.74, 6) is 0.0754. The maximum Gasteiger partial charge on any atom is 0.265 e. The number of ether oxygens (including phenoxy) is 1. The number of para-hydroxylation sites is 2. The summed E-state index contributed by atoms with van der Waals surface area (Å²) in [5, 5.41) is 5.68. The zero-order chi connectivity index (χ0) is 19.9. The molecule has 0 heterocycles. The second-order valence-corrected chi connectivity index (χ2v) is 6.41. The predicted molar refractivity (Wildman–Crippen MR) is 111 cm³/mol. The van der Waals surface area contributed by atoms with Crippen molar-refractivity contribution in [2.24, 2.45) is 0 Å². The molecule has 0 radical (unpaired) electrons. The van der Waals surface area contributed by atoms with Gasteiger partial charge in [-0.25, -0.2) is 0 Å². The van der Waals surface area contributed by atoms with Crippen LogP contribution in [0.4, 0.5) is 11.4 Å². The smallest absolute Gasteiger partial charge is 0.265 e. The van der Waals surface area contributed by atoms with E-state index in [9.17, 15) is 9.59 Å². The van der Waals surface area contributed by atoms with Crippen LogP contribution in [-0.4, -0.2) is 17.9 Å². The fourth-order valence-corrected chi connectivity index (χ4v) is 2.62. The first kappa shape index (κ1) is 19.2. The minimum absolute atomic E-state index is 0.198. The first-order valence-corrected chi connectivity index (χ1v) is 9.02. The second kappa shape index (κ2) is 8.86. The quantitative estimate of drug-likeness (QED) is 0.660. The van der Waals surface area contributed by atoms with Gasteiger partial charge in [-0.05, 0) is 61.9 Å². The van der Waals surface area contributed by atoms with Gasteiger partial charge < -0.3 is 15.4 Å². The summed E-state index contributed by atoms with van der Waals surface area (Å²) in [7, 11) is 0. The number of amides is 2. The SMILES string of the molecule is Cc1ccccc1NC(=O)c1ccc(O[C@H](C)C(=O)Nc2ccccc2)cc1. The van der Waals surface area contributed by atoms with Gasteiger partial charge in [0.05, 0.1) is 0 Å². The summed E-state index contributed by atoms with van der Waals surface area (Å²) in [6, 6.07) is 23.5. The first-order valence-electron chi connectivity index (χ1n) is 9.02. The van der Waals surface area contributed by atoms with E-state index in [1.54, 1.807) is 31.2 Å². The molecular weight excluding hydrogens is 352 g/mol. The van der Waals surface area contributed by atoms with E-state index in [0.717, 1.165) is 11.3 Å². The highest BCUT2D eigenvalue weighted by Gasteiger charge is 2.15. The molecule has 3 aromatic rings. The lowest BCUT2D eigenvalue weighted by atomic mass is 10.1. The number of hydrogen-bond acceptors (Lipinski definition) is 3. The fraction of sp³-hybridized carbons (Fsp3) is 0.130. The van der Waals surface area contributed by atoms with Crippen LogP contribution in [0.15, 0.2) is 78.9 Å². The van der Waals surface area contributed by atoms with Gasteiger partial charge in [0.1, 0.15) is 5.75 Å². The molecule has 0 unspecified atom stereocenters. The molecule has 0 spiro atoms. The summed E-state index contributed by atoms with van der Waals surface area (Å²) in [5.41, 5.74) is 3.00. The lowest BCUT2D eigenvalue weighted by Crippen LogP contribution is -2.30. The zero-order valence-corrected chi connectivity index (χ0v) is 15.8. The van der Waals surface area contributed by atoms with Crippen molar-refractivity contribution in [1.29, 1.82) is 0 Å². The number of anilines is 2. The predicted octanol–water partition coefficient (Wildman–Crippen LogP) is 4.65. The van der Waals surface area contributed by atoms with Gasteiger partial charge in [0, 0.05) is 16.9 Å². The second-order valence-electron chi connectivity index (χ2n) is 6.41. The van der Waals surface area contributed by atoms with Gasteiger partial charge >= 0.3 is 0 Å². The van der Waals surface area contributed by atoms with Gasteiger partial charge in [0.25, 0.3) is 11.8 Å². The van der Waals surface area contributed by atoms with Crippen LogP contribution in [0.5, 0.6) is 5.75 Å². The third-order valence-electron chi connectivity index (χ3n) is 4.23. The number of carbonyl (C=O) groups excluding carboxylic acids is 2. The Morgan fingerprint density at radius 2 is 1.46 bits per heavy atom. The lowest BCUT2D eigenvalue weighted by molar-refractivity contribution is -0.122. The summed E-state index contributed by atoms with van der Waals surface area (Å²) in [6.45, 7) is 3.62. The monoisotopic (exact) mass is 374 g/mol. The van der Waals surface area contributed by atoms with E-state index >= 15 is 0 Å². The highest BCUT2D eigenvalue weighted by molar-refractivity contribution is 6.04. The van der Waals surface area contributed by atoms with E-state index in [0.29, 0.717) is 17.0 Å². The van der Waals surface area contributed by atoms with E-state index in [-0.39, 0.29) is 11.8 Å². The molecular formula is C23H22N2O3. The Hall–Kier alpha value is -3.60. The highest BCUT2D eigenvalue weighted by Crippen LogP contribution is 2.18. The molecule has 0 saturated carbocycles. The molecule has 2 amide bonds. The van der Waals surface area contributed by atoms with Crippen molar-refractivity contribution in [2.45, 2.75) is 20.0 Å². The van der Waals surface area contributed by atoms with Crippen molar-refractivity contribution in [3.05, 3.63) is 90.0 Å². The van der Waals surface area contributed by atoms with Crippen LogP contribution in [0.25, 0.3) is 0 Å². The van der Waals surface area contributed by atoms with Crippen molar-refractivity contribution in [1.82, 2.24) is 0 Å². The topological polar surface area (TPSA) is 67.4 Å². The van der Waals surface area contributed by atoms with Gasteiger partial charge in [-0.1, -0.05) is 36.4 Å². The molecule has 28 heavy (non-hydrogen) atoms. The summed E-state index contributed by atoms with van der Waals surface area (Å²) in [6.07, 6.45) is -0.674. The molecule has 0 aliphatic heterocycles. The molecule has 5 heteroatoms. The van der Waals surface area contributed by atoms with Gasteiger partial charge in [0.2, 0.25) is 0 Å². The van der Waals surface area contributed by atoms with Crippen LogP contribution in [0.1, 0.15) is 22.8 Å². The highest BCUT2D eigenvalue weighted by atomic mass is 16.5. The van der Waals surface area contributed by atoms with Crippen LogP contribution in [0.2, 0.25) is 0 Å². The molecule has 2 N–H and O–H groups in total. The summed E-state index contributed by atoms with van der Waals surface area (Å²) >= 11 is 0. The molecule has 0 fully saturated rings. The average molecular weight is 374 g/mol. The third-order valence-corrected chi connectivity index (χ3v) is 4.23. The first-order chi connectivity index (χ1) is 13.5. The van der Waals surface area contributed by atoms with E-state index in [4.69, 9.17) is 4.74 Å². The molecule has 5 nitrogen and oxygen atoms in total. The van der Waals surface area contributed by atoms with Crippen molar-refractivity contribution in [2.75, 3.05) is 10.6 Å². The Kier molecular flexibility index (Phi) is 6.07. The fourth-order valence-electron chi connectivity index (χ4n) is 2.62. The van der Waals surface area contributed by atoms with Crippen molar-refractivity contribution >= 4 is 23.2 Å². The Balaban J connectivity index is 1.58. The summed E-state index contributed by atoms with van der Waals surface area (Å²) in [4.78, 5) is 24.6. The minimum atomic E-state index is -0.674. The molecule has 0 aromatic heterocycles. The van der Waals surface area contributed by atoms with Crippen molar-refractivity contribution in [3.8, 4) is 5.75 Å². The number of aryl methyl sites for hydroxylation is 1. The number of nitrogens with one attached hydrogen (secondary N) is 2. The average Bonchev–Trinajstić information content (AvgIpc) is 2.71. The number of benzene rings is 3. The maximum absolute atomic E-state index is 12.4. The number of hydrogen-bond donors (Lipinski definition) is 2. The zero-order valence-electron chi connectivity index (χ0n) is 15.8. The Labute approximate surface area is 164 Å². The standard InChI is InChI=1S/C23H22N2O3/c1-16-8-6-7-11-21(16)25-23(27)18-12-14-20(15-13-18)28-17(2)22(26)24-19-9-4-3-5-10-19/h3-15,17H,1-2H3,(H,24,26)(H,25,27)/t17-/m1/s1. The molecule has 142 valence electrons. The minimum Gasteiger partial charge on any atom is -0.481 e. The molecule has 0 saturated heterocycles. The van der Waals surface area contributed by atoms with E-state index < -0.39 is 6.10 Å². The van der Waals surface area contributed by atoms with Gasteiger partial charge in [-0.2, -0.15) is 0 Å². The molecule has 3 aromatic carbocycles. The molecule has 0 bridgehead atoms. The molecule has 3 rings (SSSR count). The third kappa shape index (κ3) is 4.98. The van der Waals surface area contributed by atoms with Crippen LogP contribution < -0.4 is 15.4 Å². The Morgan fingerprint density at radius 1 is 0.821 bits per heavy atom. The van der Waals surface area contributed by atoms with Gasteiger partial charge in [-0.3, -0.25) is 9.59 Å². The molecule has 1 atom stereocenters. The summed E-state index contributed by atoms with van der Waals surface area (Å²) < 4.78 is 5.68. The molecule has 0 aliphatic rings. The van der Waals surface area contributed by atoms with E-state index in [1.807, 2.05) is 61.5 Å². The van der Waals surface area contributed by atoms with Gasteiger partial charge in [0.15, 0.2) is 6.10 Å². The van der Waals surface area contributed by atoms with Crippen molar-refractivity contribution in [3.63, 3.8) is 0 Å². The van der Waals surface area contributed by atoms with Crippen molar-refractivity contribution < 1.29 is 14.3 Å². The van der Waals surface area contributed by atoms with E-state index in [1.165, 1.54) is 0 Å². The Morgan fingerprint density at radius 3 is 2.14 bits per heavy atom. The van der Waals surface area contributed by atoms with Crippen LogP contribution in [-0.2, 0) is 4.79 Å². The van der Waals surface area contributed by atoms with Gasteiger partial charge in [-0.15, -0.1) is 0 Å². The van der Waals surface area contributed by atoms with Crippen LogP contribution >= 0.6 is 0 Å². The Bertz CT molecular complexity index is 953. The maximum atomic E-state index is 12.4. The lowest BCUT2D eigenvalue weighted by Gasteiger charge is -2.15. The van der Waals surface area contributed by atoms with Crippen LogP contribution in [0.3, 0.4) is 0 Å². The van der Waals surface area contributed by atoms with Crippen LogP contribution in [0, 0.1) is 6.92 Å². The number of rotatable bonds is 6. The normalized spacial score (nSPS) is 11.4. The largest absolute Gasteiger partial charge is 0.481 e. The van der Waals surface area contributed by atoms with E-state index in [2.05, 4.69) is 10.6 Å². The molecule has 0 aliphatic carbocycles.